The highest BCUT2D eigenvalue weighted by Crippen LogP contribution is 2.32. The third-order valence-corrected chi connectivity index (χ3v) is 5.05. The Hall–Kier alpha value is -3.22. The summed E-state index contributed by atoms with van der Waals surface area (Å²) in [6, 6.07) is 10.3. The molecule has 138 valence electrons. The van der Waals surface area contributed by atoms with Gasteiger partial charge in [0.2, 0.25) is 5.91 Å². The van der Waals surface area contributed by atoms with E-state index in [0.29, 0.717) is 17.8 Å². The van der Waals surface area contributed by atoms with E-state index in [-0.39, 0.29) is 24.4 Å². The SMILES string of the molecule is O=C1CN(c2ccc(C(=O)N3CCCC[C@H]3c3cccnc3)cc2)C(=O)N1. The van der Waals surface area contributed by atoms with Crippen LogP contribution in [-0.4, -0.2) is 40.8 Å². The minimum Gasteiger partial charge on any atom is -0.332 e. The fraction of sp³-hybridized carbons (Fsp3) is 0.300. The molecule has 1 aromatic carbocycles. The van der Waals surface area contributed by atoms with Gasteiger partial charge in [-0.05, 0) is 55.2 Å². The second-order valence-electron chi connectivity index (χ2n) is 6.78. The molecular formula is C20H20N4O3. The average molecular weight is 364 g/mol. The Kier molecular flexibility index (Phi) is 4.58. The minimum atomic E-state index is -0.438. The van der Waals surface area contributed by atoms with Crippen LogP contribution in [0.4, 0.5) is 10.5 Å². The molecule has 0 radical (unpaired) electrons. The Morgan fingerprint density at radius 2 is 1.93 bits per heavy atom. The highest BCUT2D eigenvalue weighted by Gasteiger charge is 2.30. The lowest BCUT2D eigenvalue weighted by atomic mass is 9.95. The van der Waals surface area contributed by atoms with Crippen LogP contribution < -0.4 is 10.2 Å². The van der Waals surface area contributed by atoms with Crippen molar-refractivity contribution in [3.63, 3.8) is 0 Å². The van der Waals surface area contributed by atoms with Crippen LogP contribution in [0.15, 0.2) is 48.8 Å². The fourth-order valence-corrected chi connectivity index (χ4v) is 3.69. The molecule has 7 heteroatoms. The molecule has 0 aliphatic carbocycles. The monoisotopic (exact) mass is 364 g/mol. The number of piperidine rings is 1. The zero-order valence-corrected chi connectivity index (χ0v) is 14.8. The first-order valence-electron chi connectivity index (χ1n) is 9.06. The summed E-state index contributed by atoms with van der Waals surface area (Å²) in [6.07, 6.45) is 6.54. The van der Waals surface area contributed by atoms with Crippen molar-refractivity contribution in [2.45, 2.75) is 25.3 Å². The molecule has 1 N–H and O–H groups in total. The van der Waals surface area contributed by atoms with Crippen molar-refractivity contribution in [1.82, 2.24) is 15.2 Å². The molecule has 1 atom stereocenters. The smallest absolute Gasteiger partial charge is 0.329 e. The Morgan fingerprint density at radius 3 is 2.59 bits per heavy atom. The molecular weight excluding hydrogens is 344 g/mol. The van der Waals surface area contributed by atoms with E-state index in [0.717, 1.165) is 24.8 Å². The standard InChI is InChI=1S/C20H20N4O3/c25-18-13-24(20(27)22-18)16-8-6-14(7-9-16)19(26)23-11-2-1-5-17(23)15-4-3-10-21-12-15/h3-4,6-10,12,17H,1-2,5,11,13H2,(H,22,25,27)/t17-/m0/s1. The normalized spacial score (nSPS) is 19.9. The summed E-state index contributed by atoms with van der Waals surface area (Å²) in [6.45, 7) is 0.713. The van der Waals surface area contributed by atoms with Gasteiger partial charge in [0.25, 0.3) is 5.91 Å². The molecule has 3 heterocycles. The number of hydrogen-bond acceptors (Lipinski definition) is 4. The number of amides is 4. The first-order chi connectivity index (χ1) is 13.1. The highest BCUT2D eigenvalue weighted by molar-refractivity contribution is 6.12. The molecule has 0 bridgehead atoms. The third-order valence-electron chi connectivity index (χ3n) is 5.05. The van der Waals surface area contributed by atoms with Gasteiger partial charge in [-0.15, -0.1) is 0 Å². The van der Waals surface area contributed by atoms with Crippen LogP contribution in [0.25, 0.3) is 0 Å². The van der Waals surface area contributed by atoms with Crippen molar-refractivity contribution < 1.29 is 14.4 Å². The van der Waals surface area contributed by atoms with E-state index in [1.165, 1.54) is 4.90 Å². The van der Waals surface area contributed by atoms with Crippen molar-refractivity contribution in [1.29, 1.82) is 0 Å². The summed E-state index contributed by atoms with van der Waals surface area (Å²) in [7, 11) is 0. The number of urea groups is 1. The lowest BCUT2D eigenvalue weighted by molar-refractivity contribution is -0.117. The predicted molar refractivity (Wildman–Crippen MR) is 99.2 cm³/mol. The average Bonchev–Trinajstić information content (AvgIpc) is 3.06. The second kappa shape index (κ2) is 7.19. The maximum absolute atomic E-state index is 13.1. The summed E-state index contributed by atoms with van der Waals surface area (Å²) in [4.78, 5) is 43.7. The molecule has 2 aromatic rings. The summed E-state index contributed by atoms with van der Waals surface area (Å²) >= 11 is 0. The van der Waals surface area contributed by atoms with Crippen LogP contribution >= 0.6 is 0 Å². The summed E-state index contributed by atoms with van der Waals surface area (Å²) < 4.78 is 0. The number of rotatable bonds is 3. The molecule has 2 fully saturated rings. The number of nitrogens with zero attached hydrogens (tertiary/aromatic N) is 3. The van der Waals surface area contributed by atoms with Gasteiger partial charge in [0.05, 0.1) is 6.04 Å². The van der Waals surface area contributed by atoms with E-state index in [1.54, 1.807) is 30.5 Å². The summed E-state index contributed by atoms with van der Waals surface area (Å²) in [5.41, 5.74) is 2.22. The number of anilines is 1. The molecule has 2 aliphatic heterocycles. The van der Waals surface area contributed by atoms with E-state index in [9.17, 15) is 14.4 Å². The van der Waals surface area contributed by atoms with Gasteiger partial charge in [0.15, 0.2) is 0 Å². The van der Waals surface area contributed by atoms with Gasteiger partial charge in [0.1, 0.15) is 6.54 Å². The highest BCUT2D eigenvalue weighted by atomic mass is 16.2. The Balaban J connectivity index is 1.54. The van der Waals surface area contributed by atoms with E-state index in [1.807, 2.05) is 23.2 Å². The molecule has 2 aliphatic rings. The molecule has 0 spiro atoms. The van der Waals surface area contributed by atoms with Gasteiger partial charge in [-0.25, -0.2) is 4.79 Å². The van der Waals surface area contributed by atoms with E-state index in [2.05, 4.69) is 10.3 Å². The zero-order valence-electron chi connectivity index (χ0n) is 14.8. The Bertz CT molecular complexity index is 867. The molecule has 0 unspecified atom stereocenters. The van der Waals surface area contributed by atoms with E-state index in [4.69, 9.17) is 0 Å². The van der Waals surface area contributed by atoms with Crippen LogP contribution in [-0.2, 0) is 4.79 Å². The minimum absolute atomic E-state index is 0.00132. The van der Waals surface area contributed by atoms with Crippen LogP contribution in [0.3, 0.4) is 0 Å². The van der Waals surface area contributed by atoms with Crippen LogP contribution in [0.1, 0.15) is 41.2 Å². The summed E-state index contributed by atoms with van der Waals surface area (Å²) in [5, 5.41) is 2.25. The maximum atomic E-state index is 13.1. The largest absolute Gasteiger partial charge is 0.332 e. The zero-order chi connectivity index (χ0) is 18.8. The topological polar surface area (TPSA) is 82.6 Å². The van der Waals surface area contributed by atoms with Gasteiger partial charge in [-0.1, -0.05) is 6.07 Å². The quantitative estimate of drug-likeness (QED) is 0.849. The number of carbonyl (C=O) groups is 3. The molecule has 4 rings (SSSR count). The Morgan fingerprint density at radius 1 is 1.11 bits per heavy atom. The van der Waals surface area contributed by atoms with Crippen LogP contribution in [0.2, 0.25) is 0 Å². The van der Waals surface area contributed by atoms with Crippen molar-refractivity contribution in [2.24, 2.45) is 0 Å². The molecule has 1 aromatic heterocycles. The van der Waals surface area contributed by atoms with Gasteiger partial charge in [0, 0.05) is 30.2 Å². The third kappa shape index (κ3) is 3.40. The molecule has 27 heavy (non-hydrogen) atoms. The number of benzene rings is 1. The van der Waals surface area contributed by atoms with E-state index < -0.39 is 6.03 Å². The number of pyridine rings is 1. The molecule has 0 saturated carbocycles. The number of nitrogens with one attached hydrogen (secondary N) is 1. The fourth-order valence-electron chi connectivity index (χ4n) is 3.69. The van der Waals surface area contributed by atoms with Crippen LogP contribution in [0, 0.1) is 0 Å². The van der Waals surface area contributed by atoms with Crippen molar-refractivity contribution in [2.75, 3.05) is 18.0 Å². The lowest BCUT2D eigenvalue weighted by Gasteiger charge is -2.36. The van der Waals surface area contributed by atoms with Gasteiger partial charge in [-0.2, -0.15) is 0 Å². The Labute approximate surface area is 157 Å². The number of carbonyl (C=O) groups excluding carboxylic acids is 3. The van der Waals surface area contributed by atoms with Crippen LogP contribution in [0.5, 0.6) is 0 Å². The first-order valence-corrected chi connectivity index (χ1v) is 9.06. The first kappa shape index (κ1) is 17.2. The van der Waals surface area contributed by atoms with Gasteiger partial charge >= 0.3 is 6.03 Å². The maximum Gasteiger partial charge on any atom is 0.329 e. The van der Waals surface area contributed by atoms with E-state index >= 15 is 0 Å². The number of imide groups is 1. The van der Waals surface area contributed by atoms with Crippen molar-refractivity contribution in [3.8, 4) is 0 Å². The molecule has 4 amide bonds. The second-order valence-corrected chi connectivity index (χ2v) is 6.78. The number of aromatic nitrogens is 1. The number of likely N-dealkylation sites (tertiary alicyclic amines) is 1. The van der Waals surface area contributed by atoms with Gasteiger partial charge in [-0.3, -0.25) is 24.8 Å². The lowest BCUT2D eigenvalue weighted by Crippen LogP contribution is -2.38. The van der Waals surface area contributed by atoms with Crippen molar-refractivity contribution in [3.05, 3.63) is 59.9 Å². The molecule has 7 nitrogen and oxygen atoms in total. The molecule has 2 saturated heterocycles. The number of hydrogen-bond donors (Lipinski definition) is 1. The van der Waals surface area contributed by atoms with Gasteiger partial charge < -0.3 is 4.90 Å². The summed E-state index contributed by atoms with van der Waals surface area (Å²) in [5.74, 6) is -0.357. The predicted octanol–water partition coefficient (Wildman–Crippen LogP) is 2.51. The van der Waals surface area contributed by atoms with Crippen molar-refractivity contribution >= 4 is 23.5 Å².